The third-order valence-corrected chi connectivity index (χ3v) is 4.61. The maximum Gasteiger partial charge on any atom is 0.121 e. The number of imidazole rings is 1. The van der Waals surface area contributed by atoms with Gasteiger partial charge in [0, 0.05) is 23.2 Å². The summed E-state index contributed by atoms with van der Waals surface area (Å²) in [7, 11) is 1.67. The smallest absolute Gasteiger partial charge is 0.121 e. The molecular formula is C15H16ClN3OS. The molecule has 0 spiro atoms. The molecule has 0 aliphatic heterocycles. The van der Waals surface area contributed by atoms with Crippen molar-refractivity contribution < 1.29 is 4.74 Å². The Balaban J connectivity index is 2.09. The van der Waals surface area contributed by atoms with Gasteiger partial charge in [0.15, 0.2) is 0 Å². The van der Waals surface area contributed by atoms with Crippen molar-refractivity contribution in [2.75, 3.05) is 13.0 Å². The second-order valence-corrected chi connectivity index (χ2v) is 6.09. The van der Waals surface area contributed by atoms with E-state index in [2.05, 4.69) is 15.6 Å². The zero-order valence-corrected chi connectivity index (χ0v) is 13.5. The van der Waals surface area contributed by atoms with Crippen molar-refractivity contribution in [2.45, 2.75) is 19.9 Å². The molecule has 0 amide bonds. The van der Waals surface area contributed by atoms with Gasteiger partial charge in [0.05, 0.1) is 35.9 Å². The summed E-state index contributed by atoms with van der Waals surface area (Å²) in [4.78, 5) is 10.3. The van der Waals surface area contributed by atoms with Gasteiger partial charge in [-0.25, -0.2) is 9.97 Å². The highest BCUT2D eigenvalue weighted by atomic mass is 35.5. The van der Waals surface area contributed by atoms with E-state index in [1.165, 1.54) is 4.88 Å². The number of fused-ring (bicyclic) bond motifs is 1. The molecule has 0 atom stereocenters. The van der Waals surface area contributed by atoms with Gasteiger partial charge < -0.3 is 9.30 Å². The molecule has 3 aromatic rings. The summed E-state index contributed by atoms with van der Waals surface area (Å²) in [5.41, 5.74) is 5.00. The highest BCUT2D eigenvalue weighted by Gasteiger charge is 2.13. The molecule has 2 heterocycles. The summed E-state index contributed by atoms with van der Waals surface area (Å²) < 4.78 is 7.49. The van der Waals surface area contributed by atoms with E-state index >= 15 is 0 Å². The number of hydrogen-bond donors (Lipinski definition) is 0. The summed E-state index contributed by atoms with van der Waals surface area (Å²) in [5, 5.41) is 0. The van der Waals surface area contributed by atoms with E-state index in [0.717, 1.165) is 41.3 Å². The van der Waals surface area contributed by atoms with Gasteiger partial charge in [-0.05, 0) is 19.1 Å². The predicted octanol–water partition coefficient (Wildman–Crippen LogP) is 3.64. The molecule has 0 aliphatic carbocycles. The first kappa shape index (κ1) is 14.4. The molecule has 6 heteroatoms. The molecule has 4 nitrogen and oxygen atoms in total. The summed E-state index contributed by atoms with van der Waals surface area (Å²) in [6.07, 6.45) is 0.746. The van der Waals surface area contributed by atoms with Crippen LogP contribution in [0.15, 0.2) is 23.7 Å². The molecule has 0 N–H and O–H groups in total. The van der Waals surface area contributed by atoms with Crippen molar-refractivity contribution in [1.29, 1.82) is 0 Å². The first-order valence-electron chi connectivity index (χ1n) is 6.71. The number of halogens is 1. The molecule has 0 fully saturated rings. The van der Waals surface area contributed by atoms with Crippen molar-refractivity contribution in [1.82, 2.24) is 14.5 Å². The van der Waals surface area contributed by atoms with Crippen LogP contribution >= 0.6 is 22.9 Å². The minimum Gasteiger partial charge on any atom is -0.497 e. The van der Waals surface area contributed by atoms with Gasteiger partial charge in [-0.3, -0.25) is 0 Å². The standard InChI is InChI=1S/C15H16ClN3OS/c1-10-14(21-9-17-10)8-19-13-4-3-11(20-2)7-12(13)18-15(19)5-6-16/h3-4,7,9H,5-6,8H2,1-2H3. The zero-order chi connectivity index (χ0) is 14.8. The van der Waals surface area contributed by atoms with Crippen molar-refractivity contribution in [3.05, 3.63) is 40.1 Å². The number of alkyl halides is 1. The van der Waals surface area contributed by atoms with Gasteiger partial charge in [-0.15, -0.1) is 22.9 Å². The zero-order valence-electron chi connectivity index (χ0n) is 12.0. The molecule has 0 unspecified atom stereocenters. The van der Waals surface area contributed by atoms with E-state index in [0.29, 0.717) is 5.88 Å². The molecule has 0 saturated heterocycles. The fraction of sp³-hybridized carbons (Fsp3) is 0.333. The SMILES string of the molecule is COc1ccc2c(c1)nc(CCCl)n2Cc1scnc1C. The highest BCUT2D eigenvalue weighted by Crippen LogP contribution is 2.24. The molecule has 110 valence electrons. The van der Waals surface area contributed by atoms with Crippen LogP contribution in [0.25, 0.3) is 11.0 Å². The van der Waals surface area contributed by atoms with Gasteiger partial charge in [-0.2, -0.15) is 0 Å². The molecule has 3 rings (SSSR count). The predicted molar refractivity (Wildman–Crippen MR) is 86.7 cm³/mol. The van der Waals surface area contributed by atoms with E-state index in [9.17, 15) is 0 Å². The van der Waals surface area contributed by atoms with Gasteiger partial charge in [0.1, 0.15) is 11.6 Å². The molecule has 0 saturated carbocycles. The van der Waals surface area contributed by atoms with Crippen LogP contribution in [0.5, 0.6) is 5.75 Å². The van der Waals surface area contributed by atoms with Crippen LogP contribution in [0.2, 0.25) is 0 Å². The highest BCUT2D eigenvalue weighted by molar-refractivity contribution is 7.09. The third-order valence-electron chi connectivity index (χ3n) is 3.50. The van der Waals surface area contributed by atoms with Crippen molar-refractivity contribution in [3.63, 3.8) is 0 Å². The van der Waals surface area contributed by atoms with E-state index in [1.807, 2.05) is 24.6 Å². The van der Waals surface area contributed by atoms with E-state index in [1.54, 1.807) is 18.4 Å². The Bertz CT molecular complexity index is 765. The number of benzene rings is 1. The normalized spacial score (nSPS) is 11.2. The maximum atomic E-state index is 5.92. The van der Waals surface area contributed by atoms with Crippen LogP contribution in [0.1, 0.15) is 16.4 Å². The first-order valence-corrected chi connectivity index (χ1v) is 8.12. The summed E-state index contributed by atoms with van der Waals surface area (Å²) in [6.45, 7) is 2.82. The number of rotatable bonds is 5. The van der Waals surface area contributed by atoms with Crippen molar-refractivity contribution in [2.24, 2.45) is 0 Å². The van der Waals surface area contributed by atoms with E-state index in [4.69, 9.17) is 21.3 Å². The summed E-state index contributed by atoms with van der Waals surface area (Å²) >= 11 is 7.59. The molecule has 0 radical (unpaired) electrons. The molecule has 2 aromatic heterocycles. The Kier molecular flexibility index (Phi) is 4.12. The van der Waals surface area contributed by atoms with Crippen LogP contribution in [-0.4, -0.2) is 27.5 Å². The average molecular weight is 322 g/mol. The lowest BCUT2D eigenvalue weighted by atomic mass is 10.3. The van der Waals surface area contributed by atoms with Crippen molar-refractivity contribution >= 4 is 34.0 Å². The van der Waals surface area contributed by atoms with Crippen LogP contribution in [0, 0.1) is 6.92 Å². The third kappa shape index (κ3) is 2.76. The maximum absolute atomic E-state index is 5.92. The van der Waals surface area contributed by atoms with Gasteiger partial charge in [-0.1, -0.05) is 0 Å². The van der Waals surface area contributed by atoms with Crippen LogP contribution < -0.4 is 4.74 Å². The fourth-order valence-corrected chi connectivity index (χ4v) is 3.29. The lowest BCUT2D eigenvalue weighted by molar-refractivity contribution is 0.415. The van der Waals surface area contributed by atoms with E-state index in [-0.39, 0.29) is 0 Å². The van der Waals surface area contributed by atoms with Gasteiger partial charge in [0.25, 0.3) is 0 Å². The Labute approximate surface area is 132 Å². The summed E-state index contributed by atoms with van der Waals surface area (Å²) in [5.74, 6) is 2.38. The van der Waals surface area contributed by atoms with Crippen LogP contribution in [0.3, 0.4) is 0 Å². The largest absolute Gasteiger partial charge is 0.497 e. The number of methoxy groups -OCH3 is 1. The Morgan fingerprint density at radius 3 is 2.90 bits per heavy atom. The second kappa shape index (κ2) is 6.03. The summed E-state index contributed by atoms with van der Waals surface area (Å²) in [6, 6.07) is 5.98. The second-order valence-electron chi connectivity index (χ2n) is 4.77. The number of hydrogen-bond acceptors (Lipinski definition) is 4. The lowest BCUT2D eigenvalue weighted by Gasteiger charge is -2.08. The Morgan fingerprint density at radius 1 is 1.38 bits per heavy atom. The molecule has 21 heavy (non-hydrogen) atoms. The lowest BCUT2D eigenvalue weighted by Crippen LogP contribution is -2.05. The Hall–Kier alpha value is -1.59. The quantitative estimate of drug-likeness (QED) is 0.674. The molecule has 0 bridgehead atoms. The Morgan fingerprint density at radius 2 is 2.24 bits per heavy atom. The fourth-order valence-electron chi connectivity index (χ4n) is 2.36. The number of ether oxygens (including phenoxy) is 1. The van der Waals surface area contributed by atoms with Crippen LogP contribution in [0.4, 0.5) is 0 Å². The van der Waals surface area contributed by atoms with Crippen molar-refractivity contribution in [3.8, 4) is 5.75 Å². The van der Waals surface area contributed by atoms with Crippen LogP contribution in [-0.2, 0) is 13.0 Å². The number of thiazole rings is 1. The molecule has 0 aliphatic rings. The molecule has 1 aromatic carbocycles. The van der Waals surface area contributed by atoms with E-state index < -0.39 is 0 Å². The number of aryl methyl sites for hydroxylation is 2. The van der Waals surface area contributed by atoms with Gasteiger partial charge in [0.2, 0.25) is 0 Å². The minimum absolute atomic E-state index is 0.558. The number of nitrogens with zero attached hydrogens (tertiary/aromatic N) is 3. The average Bonchev–Trinajstić information content (AvgIpc) is 3.04. The molecular weight excluding hydrogens is 306 g/mol. The van der Waals surface area contributed by atoms with Gasteiger partial charge >= 0.3 is 0 Å². The monoisotopic (exact) mass is 321 g/mol. The number of aromatic nitrogens is 3. The minimum atomic E-state index is 0.558. The first-order chi connectivity index (χ1) is 10.2. The topological polar surface area (TPSA) is 39.9 Å².